The van der Waals surface area contributed by atoms with Gasteiger partial charge in [0.15, 0.2) is 0 Å². The van der Waals surface area contributed by atoms with Gasteiger partial charge >= 0.3 is 0 Å². The van der Waals surface area contributed by atoms with Crippen molar-refractivity contribution in [3.63, 3.8) is 0 Å². The Hall–Kier alpha value is -3.12. The van der Waals surface area contributed by atoms with Gasteiger partial charge in [-0.25, -0.2) is 14.4 Å². The zero-order valence-electron chi connectivity index (χ0n) is 12.9. The molecular weight excluding hydrogens is 337 g/mol. The summed E-state index contributed by atoms with van der Waals surface area (Å²) in [6.45, 7) is 0. The van der Waals surface area contributed by atoms with E-state index in [4.69, 9.17) is 0 Å². The molecule has 4 rings (SSSR count). The number of anilines is 1. The number of halogens is 1. The van der Waals surface area contributed by atoms with Gasteiger partial charge in [-0.1, -0.05) is 12.1 Å². The Morgan fingerprint density at radius 1 is 1.00 bits per heavy atom. The number of rotatable bonds is 3. The smallest absolute Gasteiger partial charge is 0.256 e. The standard InChI is InChI=1S/C19H12FN3OS/c20-14-8-5-12(6-9-14)18(24)23-17-10-7-13(11-21-17)19-22-15-3-1-2-4-16(15)25-19/h1-11H,(H,21,23,24). The number of nitrogens with one attached hydrogen (secondary N) is 1. The van der Waals surface area contributed by atoms with Crippen LogP contribution >= 0.6 is 11.3 Å². The molecule has 0 saturated carbocycles. The molecule has 0 aliphatic heterocycles. The number of benzene rings is 2. The molecule has 1 amide bonds. The summed E-state index contributed by atoms with van der Waals surface area (Å²) in [5.41, 5.74) is 2.22. The molecule has 0 fully saturated rings. The van der Waals surface area contributed by atoms with Gasteiger partial charge in [0, 0.05) is 17.3 Å². The van der Waals surface area contributed by atoms with E-state index in [0.717, 1.165) is 20.8 Å². The monoisotopic (exact) mass is 349 g/mol. The van der Waals surface area contributed by atoms with Crippen LogP contribution in [-0.4, -0.2) is 15.9 Å². The quantitative estimate of drug-likeness (QED) is 0.581. The van der Waals surface area contributed by atoms with Crippen molar-refractivity contribution in [3.8, 4) is 10.6 Å². The van der Waals surface area contributed by atoms with Gasteiger partial charge in [-0.2, -0.15) is 0 Å². The van der Waals surface area contributed by atoms with Crippen molar-refractivity contribution in [2.45, 2.75) is 0 Å². The first-order valence-electron chi connectivity index (χ1n) is 7.58. The number of hydrogen-bond acceptors (Lipinski definition) is 4. The van der Waals surface area contributed by atoms with E-state index in [1.807, 2.05) is 30.3 Å². The third-order valence-electron chi connectivity index (χ3n) is 3.65. The van der Waals surface area contributed by atoms with Crippen LogP contribution < -0.4 is 5.32 Å². The summed E-state index contributed by atoms with van der Waals surface area (Å²) in [5.74, 6) is -0.283. The van der Waals surface area contributed by atoms with E-state index >= 15 is 0 Å². The van der Waals surface area contributed by atoms with Crippen LogP contribution in [-0.2, 0) is 0 Å². The van der Waals surface area contributed by atoms with E-state index in [9.17, 15) is 9.18 Å². The molecule has 122 valence electrons. The predicted molar refractivity (Wildman–Crippen MR) is 97.2 cm³/mol. The van der Waals surface area contributed by atoms with Gasteiger partial charge < -0.3 is 5.32 Å². The average Bonchev–Trinajstić information content (AvgIpc) is 3.07. The van der Waals surface area contributed by atoms with E-state index in [0.29, 0.717) is 11.4 Å². The lowest BCUT2D eigenvalue weighted by Crippen LogP contribution is -2.12. The summed E-state index contributed by atoms with van der Waals surface area (Å²) < 4.78 is 14.0. The number of pyridine rings is 1. The Kier molecular flexibility index (Phi) is 3.95. The molecule has 1 N–H and O–H groups in total. The predicted octanol–water partition coefficient (Wildman–Crippen LogP) is 4.75. The lowest BCUT2D eigenvalue weighted by Gasteiger charge is -2.05. The minimum atomic E-state index is -0.380. The Balaban J connectivity index is 1.53. The van der Waals surface area contributed by atoms with E-state index in [-0.39, 0.29) is 11.7 Å². The van der Waals surface area contributed by atoms with Crippen LogP contribution in [0, 0.1) is 5.82 Å². The number of fused-ring (bicyclic) bond motifs is 1. The lowest BCUT2D eigenvalue weighted by atomic mass is 10.2. The zero-order chi connectivity index (χ0) is 17.2. The van der Waals surface area contributed by atoms with Crippen molar-refractivity contribution < 1.29 is 9.18 Å². The Morgan fingerprint density at radius 3 is 2.52 bits per heavy atom. The topological polar surface area (TPSA) is 54.9 Å². The normalized spacial score (nSPS) is 10.8. The van der Waals surface area contributed by atoms with E-state index in [1.165, 1.54) is 24.3 Å². The molecule has 0 aliphatic carbocycles. The molecule has 6 heteroatoms. The van der Waals surface area contributed by atoms with Crippen molar-refractivity contribution >= 4 is 33.3 Å². The molecule has 0 saturated heterocycles. The summed E-state index contributed by atoms with van der Waals surface area (Å²) in [6.07, 6.45) is 1.68. The van der Waals surface area contributed by atoms with E-state index < -0.39 is 0 Å². The third-order valence-corrected chi connectivity index (χ3v) is 4.74. The van der Waals surface area contributed by atoms with Crippen molar-refractivity contribution in [3.05, 3.63) is 78.2 Å². The molecule has 2 aromatic heterocycles. The fourth-order valence-corrected chi connectivity index (χ4v) is 3.34. The molecule has 2 heterocycles. The third kappa shape index (κ3) is 3.25. The highest BCUT2D eigenvalue weighted by atomic mass is 32.1. The largest absolute Gasteiger partial charge is 0.307 e. The highest BCUT2D eigenvalue weighted by Crippen LogP contribution is 2.29. The molecule has 0 spiro atoms. The summed E-state index contributed by atoms with van der Waals surface area (Å²) in [7, 11) is 0. The maximum atomic E-state index is 12.9. The molecule has 0 unspecified atom stereocenters. The number of carbonyl (C=O) groups excluding carboxylic acids is 1. The van der Waals surface area contributed by atoms with Crippen LogP contribution in [0.4, 0.5) is 10.2 Å². The first-order valence-corrected chi connectivity index (χ1v) is 8.39. The van der Waals surface area contributed by atoms with Crippen LogP contribution in [0.25, 0.3) is 20.8 Å². The van der Waals surface area contributed by atoms with Gasteiger partial charge in [-0.15, -0.1) is 11.3 Å². The summed E-state index contributed by atoms with van der Waals surface area (Å²) >= 11 is 1.59. The second kappa shape index (κ2) is 6.41. The Morgan fingerprint density at radius 2 is 1.80 bits per heavy atom. The van der Waals surface area contributed by atoms with Crippen molar-refractivity contribution in [1.29, 1.82) is 0 Å². The molecule has 2 aromatic carbocycles. The van der Waals surface area contributed by atoms with Crippen molar-refractivity contribution in [1.82, 2.24) is 9.97 Å². The maximum absolute atomic E-state index is 12.9. The zero-order valence-corrected chi connectivity index (χ0v) is 13.8. The van der Waals surface area contributed by atoms with Gasteiger partial charge in [0.05, 0.1) is 10.2 Å². The van der Waals surface area contributed by atoms with Crippen LogP contribution in [0.3, 0.4) is 0 Å². The number of para-hydroxylation sites is 1. The van der Waals surface area contributed by atoms with Crippen LogP contribution in [0.1, 0.15) is 10.4 Å². The molecule has 25 heavy (non-hydrogen) atoms. The fourth-order valence-electron chi connectivity index (χ4n) is 2.38. The highest BCUT2D eigenvalue weighted by Gasteiger charge is 2.09. The Labute approximate surface area is 147 Å². The second-order valence-corrected chi connectivity index (χ2v) is 6.41. The lowest BCUT2D eigenvalue weighted by molar-refractivity contribution is 0.102. The molecule has 4 aromatic rings. The second-order valence-electron chi connectivity index (χ2n) is 5.38. The number of aromatic nitrogens is 2. The Bertz CT molecular complexity index is 1010. The number of thiazole rings is 1. The van der Waals surface area contributed by atoms with E-state index in [2.05, 4.69) is 15.3 Å². The SMILES string of the molecule is O=C(Nc1ccc(-c2nc3ccccc3s2)cn1)c1ccc(F)cc1. The number of amides is 1. The summed E-state index contributed by atoms with van der Waals surface area (Å²) in [6, 6.07) is 16.9. The highest BCUT2D eigenvalue weighted by molar-refractivity contribution is 7.21. The number of nitrogens with zero attached hydrogens (tertiary/aromatic N) is 2. The van der Waals surface area contributed by atoms with Crippen LogP contribution in [0.15, 0.2) is 66.9 Å². The number of hydrogen-bond donors (Lipinski definition) is 1. The average molecular weight is 349 g/mol. The number of carbonyl (C=O) groups is 1. The fraction of sp³-hybridized carbons (Fsp3) is 0. The first-order chi connectivity index (χ1) is 12.2. The van der Waals surface area contributed by atoms with Gasteiger partial charge in [-0.05, 0) is 48.5 Å². The summed E-state index contributed by atoms with van der Waals surface area (Å²) in [5, 5.41) is 3.57. The van der Waals surface area contributed by atoms with Gasteiger partial charge in [0.2, 0.25) is 0 Å². The van der Waals surface area contributed by atoms with Gasteiger partial charge in [-0.3, -0.25) is 4.79 Å². The van der Waals surface area contributed by atoms with Gasteiger partial charge in [0.1, 0.15) is 16.6 Å². The van der Waals surface area contributed by atoms with Crippen LogP contribution in [0.5, 0.6) is 0 Å². The minimum absolute atomic E-state index is 0.333. The van der Waals surface area contributed by atoms with Crippen molar-refractivity contribution in [2.75, 3.05) is 5.32 Å². The van der Waals surface area contributed by atoms with Crippen molar-refractivity contribution in [2.24, 2.45) is 0 Å². The molecule has 0 bridgehead atoms. The minimum Gasteiger partial charge on any atom is -0.307 e. The molecule has 0 aliphatic rings. The molecule has 4 nitrogen and oxygen atoms in total. The molecule has 0 radical (unpaired) electrons. The van der Waals surface area contributed by atoms with Crippen LogP contribution in [0.2, 0.25) is 0 Å². The molecular formula is C19H12FN3OS. The first kappa shape index (κ1) is 15.4. The van der Waals surface area contributed by atoms with E-state index in [1.54, 1.807) is 23.6 Å². The summed E-state index contributed by atoms with van der Waals surface area (Å²) in [4.78, 5) is 21.0. The maximum Gasteiger partial charge on any atom is 0.256 e. The van der Waals surface area contributed by atoms with Gasteiger partial charge in [0.25, 0.3) is 5.91 Å². The molecule has 0 atom stereocenters.